The molecule has 4 heteroatoms. The molecule has 1 aromatic heterocycles. The van der Waals surface area contributed by atoms with Gasteiger partial charge < -0.3 is 15.0 Å². The molecule has 4 nitrogen and oxygen atoms in total. The highest BCUT2D eigenvalue weighted by molar-refractivity contribution is 5.70. The van der Waals surface area contributed by atoms with Crippen LogP contribution in [0.4, 0.5) is 0 Å². The van der Waals surface area contributed by atoms with E-state index in [0.717, 1.165) is 34.8 Å². The largest absolute Gasteiger partial charge is 0.496 e. The first kappa shape index (κ1) is 14.6. The fourth-order valence-electron chi connectivity index (χ4n) is 2.30. The van der Waals surface area contributed by atoms with Crippen LogP contribution in [0.5, 0.6) is 5.75 Å². The molecule has 0 saturated carbocycles. The van der Waals surface area contributed by atoms with Crippen LogP contribution >= 0.6 is 0 Å². The zero-order chi connectivity index (χ0) is 14.7. The summed E-state index contributed by atoms with van der Waals surface area (Å²) < 4.78 is 11.0. The third kappa shape index (κ3) is 2.70. The van der Waals surface area contributed by atoms with Gasteiger partial charge in [-0.2, -0.15) is 0 Å². The Balaban J connectivity index is 2.58. The molecule has 1 aromatic carbocycles. The minimum Gasteiger partial charge on any atom is -0.496 e. The van der Waals surface area contributed by atoms with Crippen LogP contribution in [-0.2, 0) is 6.42 Å². The maximum absolute atomic E-state index is 5.68. The molecule has 20 heavy (non-hydrogen) atoms. The van der Waals surface area contributed by atoms with Crippen molar-refractivity contribution in [2.75, 3.05) is 13.7 Å². The molecule has 0 aliphatic rings. The second-order valence-electron chi connectivity index (χ2n) is 5.23. The fourth-order valence-corrected chi connectivity index (χ4v) is 2.30. The van der Waals surface area contributed by atoms with E-state index >= 15 is 0 Å². The summed E-state index contributed by atoms with van der Waals surface area (Å²) in [5.74, 6) is 2.01. The number of hydrogen-bond donors (Lipinski definition) is 1. The van der Waals surface area contributed by atoms with E-state index in [1.165, 1.54) is 5.56 Å². The number of methoxy groups -OCH3 is 1. The molecule has 0 radical (unpaired) electrons. The first-order valence-corrected chi connectivity index (χ1v) is 6.92. The molecule has 0 aliphatic carbocycles. The highest BCUT2D eigenvalue weighted by Gasteiger charge is 2.19. The number of aromatic nitrogens is 1. The molecule has 0 atom stereocenters. The summed E-state index contributed by atoms with van der Waals surface area (Å²) in [7, 11) is 1.67. The van der Waals surface area contributed by atoms with Gasteiger partial charge in [-0.1, -0.05) is 25.1 Å². The van der Waals surface area contributed by atoms with Gasteiger partial charge in [0.15, 0.2) is 5.76 Å². The molecule has 2 rings (SSSR count). The molecule has 0 amide bonds. The minimum atomic E-state index is 0.446. The van der Waals surface area contributed by atoms with Gasteiger partial charge in [0.2, 0.25) is 0 Å². The highest BCUT2D eigenvalue weighted by Crippen LogP contribution is 2.36. The molecule has 108 valence electrons. The SMILES string of the molecule is COc1ccc(C(C)C)cc1-c1onc(C)c1CCN. The van der Waals surface area contributed by atoms with Crippen LogP contribution < -0.4 is 10.5 Å². The van der Waals surface area contributed by atoms with Gasteiger partial charge in [-0.15, -0.1) is 0 Å². The van der Waals surface area contributed by atoms with Crippen molar-refractivity contribution in [2.45, 2.75) is 33.1 Å². The Bertz CT molecular complexity index is 588. The van der Waals surface area contributed by atoms with Crippen molar-refractivity contribution in [2.24, 2.45) is 5.73 Å². The molecule has 2 aromatic rings. The summed E-state index contributed by atoms with van der Waals surface area (Å²) in [6, 6.07) is 6.18. The second-order valence-corrected chi connectivity index (χ2v) is 5.23. The van der Waals surface area contributed by atoms with Crippen LogP contribution in [0.2, 0.25) is 0 Å². The van der Waals surface area contributed by atoms with Gasteiger partial charge in [-0.05, 0) is 43.5 Å². The summed E-state index contributed by atoms with van der Waals surface area (Å²) in [6.45, 7) is 6.84. The van der Waals surface area contributed by atoms with E-state index in [-0.39, 0.29) is 0 Å². The molecule has 0 spiro atoms. The lowest BCUT2D eigenvalue weighted by molar-refractivity contribution is 0.404. The standard InChI is InChI=1S/C16H22N2O2/c1-10(2)12-5-6-15(19-4)14(9-12)16-13(7-8-17)11(3)18-20-16/h5-6,9-10H,7-8,17H2,1-4H3. The Morgan fingerprint density at radius 2 is 2.10 bits per heavy atom. The number of ether oxygens (including phenoxy) is 1. The molecular formula is C16H22N2O2. The minimum absolute atomic E-state index is 0.446. The predicted octanol–water partition coefficient (Wildman–Crippen LogP) is 3.28. The summed E-state index contributed by atoms with van der Waals surface area (Å²) in [5.41, 5.74) is 9.83. The molecule has 0 saturated heterocycles. The highest BCUT2D eigenvalue weighted by atomic mass is 16.5. The maximum Gasteiger partial charge on any atom is 0.174 e. The topological polar surface area (TPSA) is 61.3 Å². The number of hydrogen-bond acceptors (Lipinski definition) is 4. The van der Waals surface area contributed by atoms with E-state index in [0.29, 0.717) is 12.5 Å². The first-order valence-electron chi connectivity index (χ1n) is 6.92. The molecule has 1 heterocycles. The quantitative estimate of drug-likeness (QED) is 0.909. The third-order valence-corrected chi connectivity index (χ3v) is 3.51. The summed E-state index contributed by atoms with van der Waals surface area (Å²) in [6.07, 6.45) is 0.750. The molecule has 0 bridgehead atoms. The van der Waals surface area contributed by atoms with E-state index in [1.807, 2.05) is 13.0 Å². The van der Waals surface area contributed by atoms with E-state index in [9.17, 15) is 0 Å². The van der Waals surface area contributed by atoms with Crippen molar-refractivity contribution < 1.29 is 9.26 Å². The second kappa shape index (κ2) is 6.09. The Morgan fingerprint density at radius 3 is 2.70 bits per heavy atom. The van der Waals surface area contributed by atoms with Gasteiger partial charge in [-0.3, -0.25) is 0 Å². The Labute approximate surface area is 119 Å². The van der Waals surface area contributed by atoms with Crippen molar-refractivity contribution in [1.29, 1.82) is 0 Å². The zero-order valence-corrected chi connectivity index (χ0v) is 12.6. The molecule has 0 aliphatic heterocycles. The maximum atomic E-state index is 5.68. The average molecular weight is 274 g/mol. The van der Waals surface area contributed by atoms with Crippen molar-refractivity contribution in [1.82, 2.24) is 5.16 Å². The lowest BCUT2D eigenvalue weighted by Gasteiger charge is -2.12. The van der Waals surface area contributed by atoms with Crippen LogP contribution in [0.15, 0.2) is 22.7 Å². The van der Waals surface area contributed by atoms with Crippen molar-refractivity contribution in [3.63, 3.8) is 0 Å². The third-order valence-electron chi connectivity index (χ3n) is 3.51. The summed E-state index contributed by atoms with van der Waals surface area (Å²) >= 11 is 0. The van der Waals surface area contributed by atoms with Gasteiger partial charge in [0.25, 0.3) is 0 Å². The lowest BCUT2D eigenvalue weighted by atomic mass is 9.97. The van der Waals surface area contributed by atoms with Crippen LogP contribution in [0.1, 0.15) is 36.6 Å². The van der Waals surface area contributed by atoms with Gasteiger partial charge in [0, 0.05) is 5.56 Å². The molecule has 0 unspecified atom stereocenters. The van der Waals surface area contributed by atoms with E-state index in [1.54, 1.807) is 7.11 Å². The number of nitrogens with two attached hydrogens (primary N) is 1. The monoisotopic (exact) mass is 274 g/mol. The number of nitrogens with zero attached hydrogens (tertiary/aromatic N) is 1. The first-order chi connectivity index (χ1) is 9.58. The number of rotatable bonds is 5. The number of benzene rings is 1. The van der Waals surface area contributed by atoms with E-state index in [2.05, 4.69) is 31.1 Å². The Kier molecular flexibility index (Phi) is 4.45. The fraction of sp³-hybridized carbons (Fsp3) is 0.438. The van der Waals surface area contributed by atoms with Crippen LogP contribution in [0.25, 0.3) is 11.3 Å². The van der Waals surface area contributed by atoms with Gasteiger partial charge in [0.1, 0.15) is 5.75 Å². The van der Waals surface area contributed by atoms with Crippen LogP contribution in [-0.4, -0.2) is 18.8 Å². The normalized spacial score (nSPS) is 11.1. The summed E-state index contributed by atoms with van der Waals surface area (Å²) in [5, 5.41) is 4.08. The van der Waals surface area contributed by atoms with Gasteiger partial charge in [0.05, 0.1) is 18.4 Å². The Hall–Kier alpha value is -1.81. The van der Waals surface area contributed by atoms with E-state index < -0.39 is 0 Å². The van der Waals surface area contributed by atoms with Crippen LogP contribution in [0, 0.1) is 6.92 Å². The van der Waals surface area contributed by atoms with Crippen molar-refractivity contribution in [3.05, 3.63) is 35.0 Å². The van der Waals surface area contributed by atoms with Gasteiger partial charge in [-0.25, -0.2) is 0 Å². The smallest absolute Gasteiger partial charge is 0.174 e. The van der Waals surface area contributed by atoms with Crippen LogP contribution in [0.3, 0.4) is 0 Å². The zero-order valence-electron chi connectivity index (χ0n) is 12.6. The van der Waals surface area contributed by atoms with Gasteiger partial charge >= 0.3 is 0 Å². The van der Waals surface area contributed by atoms with Crippen molar-refractivity contribution >= 4 is 0 Å². The molecule has 0 fully saturated rings. The molecule has 2 N–H and O–H groups in total. The summed E-state index contributed by atoms with van der Waals surface area (Å²) in [4.78, 5) is 0. The number of aryl methyl sites for hydroxylation is 1. The average Bonchev–Trinajstić information content (AvgIpc) is 2.80. The predicted molar refractivity (Wildman–Crippen MR) is 80.1 cm³/mol. The molecular weight excluding hydrogens is 252 g/mol. The van der Waals surface area contributed by atoms with E-state index in [4.69, 9.17) is 15.0 Å². The lowest BCUT2D eigenvalue weighted by Crippen LogP contribution is -2.04. The Morgan fingerprint density at radius 1 is 1.35 bits per heavy atom. The van der Waals surface area contributed by atoms with Crippen molar-refractivity contribution in [3.8, 4) is 17.1 Å².